The second kappa shape index (κ2) is 6.43. The minimum Gasteiger partial charge on any atom is -0.315 e. The largest absolute Gasteiger partial charge is 0.315 e. The molecule has 0 atom stereocenters. The van der Waals surface area contributed by atoms with Crippen LogP contribution in [0, 0.1) is 0 Å². The molecular weight excluding hydrogens is 294 g/mol. The minimum absolute atomic E-state index is 0.390. The first kappa shape index (κ1) is 15.1. The minimum atomic E-state index is -3.13. The topological polar surface area (TPSA) is 64.0 Å². The molecule has 108 valence electrons. The van der Waals surface area contributed by atoms with Crippen LogP contribution >= 0.6 is 11.8 Å². The second-order valence-corrected chi connectivity index (χ2v) is 7.19. The van der Waals surface area contributed by atoms with Gasteiger partial charge in [-0.05, 0) is 12.1 Å². The van der Waals surface area contributed by atoms with Crippen molar-refractivity contribution in [2.75, 3.05) is 18.6 Å². The van der Waals surface area contributed by atoms with Crippen LogP contribution in [0.2, 0.25) is 0 Å². The molecule has 1 heterocycles. The van der Waals surface area contributed by atoms with Crippen molar-refractivity contribution in [3.63, 3.8) is 0 Å². The van der Waals surface area contributed by atoms with Crippen LogP contribution in [0.3, 0.4) is 0 Å². The molecule has 2 rings (SSSR count). The maximum atomic E-state index is 11.0. The summed E-state index contributed by atoms with van der Waals surface area (Å²) in [5.74, 6) is 0.632. The number of rotatable bonds is 7. The van der Waals surface area contributed by atoms with Crippen molar-refractivity contribution in [2.24, 2.45) is 0 Å². The summed E-state index contributed by atoms with van der Waals surface area (Å²) in [4.78, 5) is 4.57. The molecule has 0 saturated carbocycles. The lowest BCUT2D eigenvalue weighted by Gasteiger charge is -2.06. The van der Waals surface area contributed by atoms with Gasteiger partial charge in [0, 0.05) is 18.8 Å². The van der Waals surface area contributed by atoms with Gasteiger partial charge in [-0.3, -0.25) is 0 Å². The molecule has 2 aromatic rings. The van der Waals surface area contributed by atoms with Crippen LogP contribution in [0.25, 0.3) is 11.0 Å². The number of para-hydroxylation sites is 2. The Hall–Kier alpha value is -1.31. The van der Waals surface area contributed by atoms with E-state index in [0.717, 1.165) is 22.4 Å². The Morgan fingerprint density at radius 1 is 1.45 bits per heavy atom. The Balaban J connectivity index is 2.12. The zero-order valence-corrected chi connectivity index (χ0v) is 12.9. The summed E-state index contributed by atoms with van der Waals surface area (Å²) in [7, 11) is -3.13. The van der Waals surface area contributed by atoms with Crippen LogP contribution in [-0.2, 0) is 16.6 Å². The zero-order valence-electron chi connectivity index (χ0n) is 11.2. The van der Waals surface area contributed by atoms with Crippen LogP contribution in [0.15, 0.2) is 42.1 Å². The Bertz CT molecular complexity index is 707. The van der Waals surface area contributed by atoms with Crippen molar-refractivity contribution < 1.29 is 8.42 Å². The van der Waals surface area contributed by atoms with Gasteiger partial charge in [-0.2, -0.15) is 0 Å². The summed E-state index contributed by atoms with van der Waals surface area (Å²) in [6.07, 6.45) is 2.98. The van der Waals surface area contributed by atoms with Gasteiger partial charge < -0.3 is 4.57 Å². The fourth-order valence-corrected chi connectivity index (χ4v) is 3.32. The summed E-state index contributed by atoms with van der Waals surface area (Å²) in [6.45, 7) is 4.84. The highest BCUT2D eigenvalue weighted by Crippen LogP contribution is 2.23. The quantitative estimate of drug-likeness (QED) is 0.482. The first-order valence-electron chi connectivity index (χ1n) is 6.15. The Morgan fingerprint density at radius 3 is 2.90 bits per heavy atom. The Labute approximate surface area is 123 Å². The predicted molar refractivity (Wildman–Crippen MR) is 83.5 cm³/mol. The smallest absolute Gasteiger partial charge is 0.208 e. The maximum Gasteiger partial charge on any atom is 0.208 e. The van der Waals surface area contributed by atoms with Gasteiger partial charge in [0.25, 0.3) is 0 Å². The van der Waals surface area contributed by atoms with Gasteiger partial charge in [-0.15, -0.1) is 6.58 Å². The molecule has 0 radical (unpaired) electrons. The predicted octanol–water partition coefficient (Wildman–Crippen LogP) is 1.86. The number of benzene rings is 1. The molecule has 0 aliphatic carbocycles. The van der Waals surface area contributed by atoms with E-state index < -0.39 is 10.0 Å². The number of nitrogens with zero attached hydrogens (tertiary/aromatic N) is 2. The van der Waals surface area contributed by atoms with E-state index in [1.807, 2.05) is 30.3 Å². The van der Waals surface area contributed by atoms with E-state index in [4.69, 9.17) is 0 Å². The van der Waals surface area contributed by atoms with Crippen molar-refractivity contribution >= 4 is 32.8 Å². The van der Waals surface area contributed by atoms with E-state index in [9.17, 15) is 8.42 Å². The molecule has 0 spiro atoms. The highest BCUT2D eigenvalue weighted by molar-refractivity contribution is 7.99. The Morgan fingerprint density at radius 2 is 2.20 bits per heavy atom. The van der Waals surface area contributed by atoms with Gasteiger partial charge in [0.2, 0.25) is 10.0 Å². The number of imidazole rings is 1. The fourth-order valence-electron chi connectivity index (χ4n) is 1.84. The van der Waals surface area contributed by atoms with Crippen LogP contribution in [0.5, 0.6) is 0 Å². The van der Waals surface area contributed by atoms with Crippen molar-refractivity contribution in [1.29, 1.82) is 0 Å². The van der Waals surface area contributed by atoms with Crippen molar-refractivity contribution in [2.45, 2.75) is 11.7 Å². The van der Waals surface area contributed by atoms with E-state index in [2.05, 4.69) is 20.9 Å². The molecule has 5 nitrogen and oxygen atoms in total. The molecule has 1 aromatic carbocycles. The SMILES string of the molecule is C=CCn1c(SCCNS(C)(=O)=O)nc2ccccc21. The lowest BCUT2D eigenvalue weighted by molar-refractivity contribution is 0.590. The lowest BCUT2D eigenvalue weighted by atomic mass is 10.3. The normalized spacial score (nSPS) is 11.8. The molecule has 0 amide bonds. The molecular formula is C13H17N3O2S2. The molecule has 1 aromatic heterocycles. The summed E-state index contributed by atoms with van der Waals surface area (Å²) in [5.41, 5.74) is 2.00. The first-order chi connectivity index (χ1) is 9.51. The molecule has 0 aliphatic rings. The van der Waals surface area contributed by atoms with Gasteiger partial charge >= 0.3 is 0 Å². The number of nitrogens with one attached hydrogen (secondary N) is 1. The number of hydrogen-bond acceptors (Lipinski definition) is 4. The molecule has 20 heavy (non-hydrogen) atoms. The summed E-state index contributed by atoms with van der Waals surface area (Å²) in [5, 5.41) is 0.876. The van der Waals surface area contributed by atoms with Crippen molar-refractivity contribution in [3.8, 4) is 0 Å². The molecule has 0 bridgehead atoms. The molecule has 0 unspecified atom stereocenters. The second-order valence-electron chi connectivity index (χ2n) is 4.30. The highest BCUT2D eigenvalue weighted by Gasteiger charge is 2.10. The number of hydrogen-bond donors (Lipinski definition) is 1. The van der Waals surface area contributed by atoms with E-state index >= 15 is 0 Å². The van der Waals surface area contributed by atoms with Gasteiger partial charge in [0.05, 0.1) is 17.3 Å². The van der Waals surface area contributed by atoms with Gasteiger partial charge in [-0.1, -0.05) is 30.0 Å². The summed E-state index contributed by atoms with van der Waals surface area (Å²) in [6, 6.07) is 7.91. The molecule has 0 saturated heterocycles. The van der Waals surface area contributed by atoms with Crippen molar-refractivity contribution in [1.82, 2.24) is 14.3 Å². The lowest BCUT2D eigenvalue weighted by Crippen LogP contribution is -2.24. The van der Waals surface area contributed by atoms with E-state index in [1.54, 1.807) is 0 Å². The average Bonchev–Trinajstić information content (AvgIpc) is 2.73. The van der Waals surface area contributed by atoms with Gasteiger partial charge in [0.1, 0.15) is 0 Å². The average molecular weight is 311 g/mol. The number of thioether (sulfide) groups is 1. The molecule has 0 fully saturated rings. The first-order valence-corrected chi connectivity index (χ1v) is 9.02. The number of allylic oxidation sites excluding steroid dienone is 1. The molecule has 7 heteroatoms. The van der Waals surface area contributed by atoms with Crippen LogP contribution in [0.1, 0.15) is 0 Å². The summed E-state index contributed by atoms with van der Waals surface area (Å²) >= 11 is 1.53. The third kappa shape index (κ3) is 3.84. The van der Waals surface area contributed by atoms with Crippen LogP contribution in [-0.4, -0.2) is 36.5 Å². The molecule has 1 N–H and O–H groups in total. The third-order valence-electron chi connectivity index (χ3n) is 2.63. The highest BCUT2D eigenvalue weighted by atomic mass is 32.2. The number of sulfonamides is 1. The van der Waals surface area contributed by atoms with Gasteiger partial charge in [0.15, 0.2) is 5.16 Å². The van der Waals surface area contributed by atoms with Crippen molar-refractivity contribution in [3.05, 3.63) is 36.9 Å². The van der Waals surface area contributed by atoms with E-state index in [0.29, 0.717) is 18.8 Å². The standard InChI is InChI=1S/C13H17N3O2S2/c1-3-9-16-12-7-5-4-6-11(12)15-13(16)19-10-8-14-20(2,17)18/h3-7,14H,1,8-10H2,2H3. The Kier molecular flexibility index (Phi) is 4.85. The number of fused-ring (bicyclic) bond motifs is 1. The summed E-state index contributed by atoms with van der Waals surface area (Å²) < 4.78 is 26.5. The molecule has 0 aliphatic heterocycles. The third-order valence-corrected chi connectivity index (χ3v) is 4.34. The van der Waals surface area contributed by atoms with E-state index in [-0.39, 0.29) is 0 Å². The van der Waals surface area contributed by atoms with Gasteiger partial charge in [-0.25, -0.2) is 18.1 Å². The zero-order chi connectivity index (χ0) is 14.6. The van der Waals surface area contributed by atoms with Crippen LogP contribution < -0.4 is 4.72 Å². The van der Waals surface area contributed by atoms with Crippen LogP contribution in [0.4, 0.5) is 0 Å². The fraction of sp³-hybridized carbons (Fsp3) is 0.308. The number of aromatic nitrogens is 2. The maximum absolute atomic E-state index is 11.0. The van der Waals surface area contributed by atoms with E-state index in [1.165, 1.54) is 11.8 Å². The monoisotopic (exact) mass is 311 g/mol.